The summed E-state index contributed by atoms with van der Waals surface area (Å²) in [6.07, 6.45) is 0. The summed E-state index contributed by atoms with van der Waals surface area (Å²) >= 11 is 0. The maximum atomic E-state index is 3.31. The summed E-state index contributed by atoms with van der Waals surface area (Å²) in [5.41, 5.74) is 0. The molecule has 0 fully saturated rings. The zero-order valence-electron chi connectivity index (χ0n) is 6.73. The summed E-state index contributed by atoms with van der Waals surface area (Å²) in [5, 5.41) is 3.31. The molecule has 10 heavy (non-hydrogen) atoms. The Kier molecular flexibility index (Phi) is 31.1. The summed E-state index contributed by atoms with van der Waals surface area (Å²) in [6, 6.07) is 1.25. The summed E-state index contributed by atoms with van der Waals surface area (Å²) in [4.78, 5) is 0. The third-order valence-electron chi connectivity index (χ3n) is 0.667. The van der Waals surface area contributed by atoms with Crippen LogP contribution in [0, 0.1) is 0 Å². The van der Waals surface area contributed by atoms with E-state index in [4.69, 9.17) is 0 Å². The van der Waals surface area contributed by atoms with Gasteiger partial charge in [0.15, 0.2) is 0 Å². The van der Waals surface area contributed by atoms with E-state index in [0.29, 0.717) is 12.1 Å². The van der Waals surface area contributed by atoms with Gasteiger partial charge in [0, 0.05) is 12.1 Å². The van der Waals surface area contributed by atoms with Crippen LogP contribution in [0.15, 0.2) is 0 Å². The second-order valence-corrected chi connectivity index (χ2v) is 2.48. The first-order valence-corrected chi connectivity index (χ1v) is 2.89. The summed E-state index contributed by atoms with van der Waals surface area (Å²) in [6.45, 7) is 8.61. The van der Waals surface area contributed by atoms with E-state index in [2.05, 4.69) is 33.0 Å². The second kappa shape index (κ2) is 13.7. The van der Waals surface area contributed by atoms with E-state index in [1.54, 1.807) is 0 Å². The van der Waals surface area contributed by atoms with Crippen molar-refractivity contribution >= 4 is 0 Å². The van der Waals surface area contributed by atoms with Gasteiger partial charge in [-0.2, -0.15) is 0 Å². The summed E-state index contributed by atoms with van der Waals surface area (Å²) < 4.78 is 0. The Morgan fingerprint density at radius 3 is 1.00 bits per heavy atom. The molecule has 0 radical (unpaired) electrons. The van der Waals surface area contributed by atoms with E-state index in [1.807, 2.05) is 0 Å². The molecule has 68 valence electrons. The Bertz CT molecular complexity index is 45.0. The number of halogens is 2. The quantitative estimate of drug-likeness (QED) is 0.342. The van der Waals surface area contributed by atoms with Crippen LogP contribution in [0.25, 0.3) is 0 Å². The molecule has 0 rings (SSSR count). The molecular weight excluding hydrogens is 535 g/mol. The van der Waals surface area contributed by atoms with Gasteiger partial charge in [0.2, 0.25) is 0 Å². The van der Waals surface area contributed by atoms with Crippen LogP contribution in [0.5, 0.6) is 0 Å². The summed E-state index contributed by atoms with van der Waals surface area (Å²) in [7, 11) is 0. The van der Waals surface area contributed by atoms with Crippen molar-refractivity contribution < 1.29 is 69.0 Å². The van der Waals surface area contributed by atoms with Gasteiger partial charge >= 0.3 is 21.1 Å². The average Bonchev–Trinajstić information content (AvgIpc) is 1.27. The first kappa shape index (κ1) is 22.7. The minimum Gasteiger partial charge on any atom is -1.00 e. The van der Waals surface area contributed by atoms with Gasteiger partial charge in [-0.05, 0) is 0 Å². The van der Waals surface area contributed by atoms with Gasteiger partial charge in [-0.1, -0.05) is 27.7 Å². The number of hydrogen-bond acceptors (Lipinski definition) is 1. The van der Waals surface area contributed by atoms with Crippen LogP contribution >= 0.6 is 0 Å². The van der Waals surface area contributed by atoms with Crippen molar-refractivity contribution in [3.8, 4) is 0 Å². The smallest absolute Gasteiger partial charge is 1.00 e. The molecule has 0 spiro atoms. The first-order valence-electron chi connectivity index (χ1n) is 2.89. The molecule has 0 aliphatic heterocycles. The van der Waals surface area contributed by atoms with Crippen LogP contribution in [0.3, 0.4) is 0 Å². The van der Waals surface area contributed by atoms with Gasteiger partial charge in [0.25, 0.3) is 0 Å². The Labute approximate surface area is 113 Å². The van der Waals surface area contributed by atoms with Crippen molar-refractivity contribution in [2.24, 2.45) is 0 Å². The van der Waals surface area contributed by atoms with Crippen molar-refractivity contribution in [2.75, 3.05) is 0 Å². The maximum absolute atomic E-state index is 3.31. The molecule has 1 N–H and O–H groups in total. The fraction of sp³-hybridized carbons (Fsp3) is 1.00. The second-order valence-electron chi connectivity index (χ2n) is 2.48. The van der Waals surface area contributed by atoms with Crippen molar-refractivity contribution in [2.45, 2.75) is 39.8 Å². The van der Waals surface area contributed by atoms with Crippen molar-refractivity contribution in [3.05, 3.63) is 0 Å². The number of hydrogen-bond donors (Lipinski definition) is 1. The van der Waals surface area contributed by atoms with Gasteiger partial charge < -0.3 is 53.3 Å². The van der Waals surface area contributed by atoms with E-state index in [1.165, 1.54) is 0 Å². The van der Waals surface area contributed by atoms with E-state index in [-0.39, 0.29) is 69.0 Å². The van der Waals surface area contributed by atoms with Gasteiger partial charge in [-0.25, -0.2) is 0 Å². The number of nitrogens with one attached hydrogen (secondary N) is 1. The predicted octanol–water partition coefficient (Wildman–Crippen LogP) is -4.60. The molecule has 0 aliphatic carbocycles. The zero-order valence-corrected chi connectivity index (χ0v) is 13.3. The molecule has 0 aliphatic rings. The molecule has 0 saturated carbocycles. The topological polar surface area (TPSA) is 12.0 Å². The molecule has 0 amide bonds. The molecule has 0 aromatic rings. The van der Waals surface area contributed by atoms with Gasteiger partial charge in [0.1, 0.15) is 0 Å². The fourth-order valence-corrected chi connectivity index (χ4v) is 0.667. The molecule has 0 aromatic carbocycles. The third-order valence-corrected chi connectivity index (χ3v) is 0.667. The standard InChI is InChI=1S/C6H15N.2HI.Pt/c1-5(2)7-6(3)4;;;/h5-7H,1-4H3;2*1H;/q;;;+2/p-2. The molecule has 4 heteroatoms. The SMILES string of the molecule is CC(C)NC(C)C.[I-].[I-].[Pt+2]. The molecule has 0 heterocycles. The minimum atomic E-state index is 0. The Balaban J connectivity index is -0.0000000600. The first-order chi connectivity index (χ1) is 3.13. The van der Waals surface area contributed by atoms with E-state index >= 15 is 0 Å². The zero-order chi connectivity index (χ0) is 5.86. The Hall–Kier alpha value is 2.11. The Morgan fingerprint density at radius 2 is 1.00 bits per heavy atom. The van der Waals surface area contributed by atoms with Crippen LogP contribution in [-0.4, -0.2) is 12.1 Å². The van der Waals surface area contributed by atoms with Crippen molar-refractivity contribution in [1.29, 1.82) is 0 Å². The molecule has 0 atom stereocenters. The van der Waals surface area contributed by atoms with E-state index in [9.17, 15) is 0 Å². The van der Waals surface area contributed by atoms with Crippen LogP contribution in [0.4, 0.5) is 0 Å². The fourth-order valence-electron chi connectivity index (χ4n) is 0.667. The molecular formula is C6H15I2NPt. The molecule has 0 saturated heterocycles. The van der Waals surface area contributed by atoms with Crippen LogP contribution in [0.2, 0.25) is 0 Å². The molecule has 0 unspecified atom stereocenters. The average molecular weight is 550 g/mol. The minimum absolute atomic E-state index is 0. The van der Waals surface area contributed by atoms with Gasteiger partial charge in [-0.3, -0.25) is 0 Å². The van der Waals surface area contributed by atoms with Gasteiger partial charge in [0.05, 0.1) is 0 Å². The van der Waals surface area contributed by atoms with Crippen LogP contribution in [0.1, 0.15) is 27.7 Å². The largest absolute Gasteiger partial charge is 2.00 e. The maximum Gasteiger partial charge on any atom is 2.00 e. The monoisotopic (exact) mass is 550 g/mol. The Morgan fingerprint density at radius 1 is 0.800 bits per heavy atom. The van der Waals surface area contributed by atoms with Crippen LogP contribution < -0.4 is 53.3 Å². The third kappa shape index (κ3) is 22.5. The van der Waals surface area contributed by atoms with Gasteiger partial charge in [-0.15, -0.1) is 0 Å². The molecule has 1 nitrogen and oxygen atoms in total. The van der Waals surface area contributed by atoms with E-state index in [0.717, 1.165) is 0 Å². The summed E-state index contributed by atoms with van der Waals surface area (Å²) in [5.74, 6) is 0. The number of rotatable bonds is 2. The van der Waals surface area contributed by atoms with Crippen LogP contribution in [-0.2, 0) is 21.1 Å². The van der Waals surface area contributed by atoms with E-state index < -0.39 is 0 Å². The molecule has 0 bridgehead atoms. The molecule has 0 aromatic heterocycles. The van der Waals surface area contributed by atoms with Crippen molar-refractivity contribution in [3.63, 3.8) is 0 Å². The van der Waals surface area contributed by atoms with Crippen molar-refractivity contribution in [1.82, 2.24) is 5.32 Å². The predicted molar refractivity (Wildman–Crippen MR) is 33.4 cm³/mol. The normalized spacial score (nSPS) is 7.80.